The van der Waals surface area contributed by atoms with Gasteiger partial charge in [-0.3, -0.25) is 9.69 Å². The van der Waals surface area contributed by atoms with Crippen LogP contribution in [0.15, 0.2) is 0 Å². The molecule has 20 heavy (non-hydrogen) atoms. The van der Waals surface area contributed by atoms with Crippen molar-refractivity contribution in [3.05, 3.63) is 0 Å². The Morgan fingerprint density at radius 2 is 1.85 bits per heavy atom. The van der Waals surface area contributed by atoms with Gasteiger partial charge in [0.25, 0.3) is 0 Å². The van der Waals surface area contributed by atoms with E-state index < -0.39 is 29.7 Å². The van der Waals surface area contributed by atoms with Crippen LogP contribution < -0.4 is 0 Å². The molecule has 1 amide bonds. The first kappa shape index (κ1) is 16.3. The van der Waals surface area contributed by atoms with E-state index in [1.165, 1.54) is 4.90 Å². The van der Waals surface area contributed by atoms with Gasteiger partial charge in [-0.05, 0) is 39.5 Å². The lowest BCUT2D eigenvalue weighted by atomic mass is 9.88. The maximum atomic E-state index is 12.0. The van der Waals surface area contributed by atoms with E-state index in [2.05, 4.69) is 0 Å². The van der Waals surface area contributed by atoms with Crippen LogP contribution >= 0.6 is 0 Å². The average molecular weight is 287 g/mol. The summed E-state index contributed by atoms with van der Waals surface area (Å²) >= 11 is 0. The molecular formula is C13H21NO6. The summed E-state index contributed by atoms with van der Waals surface area (Å²) in [6.45, 7) is 5.32. The second kappa shape index (κ2) is 6.11. The van der Waals surface area contributed by atoms with E-state index in [4.69, 9.17) is 9.84 Å². The number of rotatable bonds is 3. The van der Waals surface area contributed by atoms with Crippen molar-refractivity contribution in [1.29, 1.82) is 0 Å². The van der Waals surface area contributed by atoms with Gasteiger partial charge in [0.05, 0.1) is 0 Å². The molecule has 2 N–H and O–H groups in total. The largest absolute Gasteiger partial charge is 0.481 e. The highest BCUT2D eigenvalue weighted by Gasteiger charge is 2.38. The summed E-state index contributed by atoms with van der Waals surface area (Å²) in [7, 11) is 0. The zero-order chi connectivity index (χ0) is 15.5. The fourth-order valence-electron chi connectivity index (χ4n) is 2.24. The molecule has 1 aliphatic heterocycles. The van der Waals surface area contributed by atoms with Crippen LogP contribution in [-0.2, 0) is 14.3 Å². The van der Waals surface area contributed by atoms with Gasteiger partial charge in [0.15, 0.2) is 0 Å². The van der Waals surface area contributed by atoms with Crippen molar-refractivity contribution in [2.45, 2.75) is 51.7 Å². The van der Waals surface area contributed by atoms with E-state index >= 15 is 0 Å². The van der Waals surface area contributed by atoms with Gasteiger partial charge in [-0.2, -0.15) is 0 Å². The number of carbonyl (C=O) groups excluding carboxylic acids is 1. The summed E-state index contributed by atoms with van der Waals surface area (Å²) in [6.07, 6.45) is -0.138. The first-order chi connectivity index (χ1) is 9.10. The molecule has 1 fully saturated rings. The normalized spacial score (nSPS) is 23.2. The summed E-state index contributed by atoms with van der Waals surface area (Å²) in [5.41, 5.74) is -0.696. The van der Waals surface area contributed by atoms with Gasteiger partial charge in [-0.25, -0.2) is 9.59 Å². The number of carboxylic acid groups (broad SMARTS) is 2. The van der Waals surface area contributed by atoms with Crippen molar-refractivity contribution in [2.24, 2.45) is 5.92 Å². The van der Waals surface area contributed by atoms with E-state index in [9.17, 15) is 19.5 Å². The Morgan fingerprint density at radius 3 is 2.30 bits per heavy atom. The lowest BCUT2D eigenvalue weighted by Crippen LogP contribution is -2.51. The third-order valence-electron chi connectivity index (χ3n) is 3.09. The van der Waals surface area contributed by atoms with Crippen LogP contribution in [0.25, 0.3) is 0 Å². The molecule has 0 saturated carbocycles. The van der Waals surface area contributed by atoms with Crippen LogP contribution in [0.5, 0.6) is 0 Å². The standard InChI is InChI=1S/C13H21NO6/c1-13(2,3)20-12(19)14-5-4-8(7-10(15)16)6-9(14)11(17)18/h8-9H,4-7H2,1-3H3,(H,15,16)(H,17,18)/t8?,9-/m0/s1. The van der Waals surface area contributed by atoms with Gasteiger partial charge in [0.1, 0.15) is 11.6 Å². The highest BCUT2D eigenvalue weighted by Crippen LogP contribution is 2.27. The van der Waals surface area contributed by atoms with Crippen LogP contribution in [0.2, 0.25) is 0 Å². The molecule has 0 radical (unpaired) electrons. The van der Waals surface area contributed by atoms with Crippen LogP contribution in [0.1, 0.15) is 40.0 Å². The predicted molar refractivity (Wildman–Crippen MR) is 69.3 cm³/mol. The number of aliphatic carboxylic acids is 2. The molecule has 0 aromatic carbocycles. The van der Waals surface area contributed by atoms with Crippen molar-refractivity contribution in [3.63, 3.8) is 0 Å². The maximum Gasteiger partial charge on any atom is 0.411 e. The topological polar surface area (TPSA) is 104 Å². The van der Waals surface area contributed by atoms with Crippen molar-refractivity contribution in [3.8, 4) is 0 Å². The molecule has 1 unspecified atom stereocenters. The number of carboxylic acids is 2. The first-order valence-electron chi connectivity index (χ1n) is 6.54. The lowest BCUT2D eigenvalue weighted by molar-refractivity contribution is -0.147. The number of amides is 1. The Hall–Kier alpha value is -1.79. The van der Waals surface area contributed by atoms with Crippen molar-refractivity contribution in [1.82, 2.24) is 4.90 Å². The predicted octanol–water partition coefficient (Wildman–Crippen LogP) is 1.56. The van der Waals surface area contributed by atoms with Crippen LogP contribution in [0, 0.1) is 5.92 Å². The van der Waals surface area contributed by atoms with Crippen molar-refractivity contribution in [2.75, 3.05) is 6.54 Å². The van der Waals surface area contributed by atoms with Crippen LogP contribution in [-0.4, -0.2) is 51.3 Å². The minimum atomic E-state index is -1.13. The van der Waals surface area contributed by atoms with Gasteiger partial charge in [-0.1, -0.05) is 0 Å². The van der Waals surface area contributed by atoms with E-state index in [0.29, 0.717) is 6.42 Å². The molecule has 0 spiro atoms. The van der Waals surface area contributed by atoms with Crippen LogP contribution in [0.3, 0.4) is 0 Å². The molecule has 1 rings (SSSR count). The van der Waals surface area contributed by atoms with Crippen molar-refractivity contribution < 1.29 is 29.3 Å². The van der Waals surface area contributed by atoms with E-state index in [1.54, 1.807) is 20.8 Å². The molecule has 0 aromatic heterocycles. The van der Waals surface area contributed by atoms with E-state index in [0.717, 1.165) is 0 Å². The second-order valence-electron chi connectivity index (χ2n) is 6.02. The summed E-state index contributed by atoms with van der Waals surface area (Å²) in [4.78, 5) is 35.1. The highest BCUT2D eigenvalue weighted by molar-refractivity contribution is 5.80. The summed E-state index contributed by atoms with van der Waals surface area (Å²) < 4.78 is 5.18. The maximum absolute atomic E-state index is 12.0. The molecule has 1 saturated heterocycles. The fourth-order valence-corrected chi connectivity index (χ4v) is 2.24. The van der Waals surface area contributed by atoms with Gasteiger partial charge in [0.2, 0.25) is 0 Å². The van der Waals surface area contributed by atoms with E-state index in [1.807, 2.05) is 0 Å². The first-order valence-corrected chi connectivity index (χ1v) is 6.54. The number of ether oxygens (including phenoxy) is 1. The molecule has 1 aliphatic rings. The molecule has 2 atom stereocenters. The smallest absolute Gasteiger partial charge is 0.411 e. The molecule has 7 heteroatoms. The van der Waals surface area contributed by atoms with Crippen LogP contribution in [0.4, 0.5) is 4.79 Å². The third kappa shape index (κ3) is 4.71. The number of piperidine rings is 1. The Bertz CT molecular complexity index is 400. The van der Waals surface area contributed by atoms with E-state index in [-0.39, 0.29) is 25.3 Å². The number of likely N-dealkylation sites (tertiary alicyclic amines) is 1. The Kier molecular flexibility index (Phi) is 4.97. The second-order valence-corrected chi connectivity index (χ2v) is 6.02. The Morgan fingerprint density at radius 1 is 1.25 bits per heavy atom. The Labute approximate surface area is 117 Å². The molecule has 114 valence electrons. The molecule has 0 aromatic rings. The van der Waals surface area contributed by atoms with Gasteiger partial charge < -0.3 is 14.9 Å². The summed E-state index contributed by atoms with van der Waals surface area (Å²) in [5, 5.41) is 18.0. The number of nitrogens with zero attached hydrogens (tertiary/aromatic N) is 1. The SMILES string of the molecule is CC(C)(C)OC(=O)N1CCC(CC(=O)O)C[C@H]1C(=O)O. The zero-order valence-corrected chi connectivity index (χ0v) is 12.0. The molecule has 7 nitrogen and oxygen atoms in total. The van der Waals surface area contributed by atoms with Crippen molar-refractivity contribution >= 4 is 18.0 Å². The summed E-state index contributed by atoms with van der Waals surface area (Å²) in [5.74, 6) is -2.32. The molecular weight excluding hydrogens is 266 g/mol. The fraction of sp³-hybridized carbons (Fsp3) is 0.769. The molecule has 0 bridgehead atoms. The zero-order valence-electron chi connectivity index (χ0n) is 12.0. The lowest BCUT2D eigenvalue weighted by Gasteiger charge is -2.37. The molecule has 1 heterocycles. The number of hydrogen-bond donors (Lipinski definition) is 2. The summed E-state index contributed by atoms with van der Waals surface area (Å²) in [6, 6.07) is -1.03. The highest BCUT2D eigenvalue weighted by atomic mass is 16.6. The third-order valence-corrected chi connectivity index (χ3v) is 3.09. The quantitative estimate of drug-likeness (QED) is 0.816. The molecule has 0 aliphatic carbocycles. The monoisotopic (exact) mass is 287 g/mol. The average Bonchev–Trinajstić information content (AvgIpc) is 2.25. The Balaban J connectivity index is 2.75. The van der Waals surface area contributed by atoms with Gasteiger partial charge in [-0.15, -0.1) is 0 Å². The number of carbonyl (C=O) groups is 3. The minimum Gasteiger partial charge on any atom is -0.481 e. The minimum absolute atomic E-state index is 0.0774. The van der Waals surface area contributed by atoms with Gasteiger partial charge >= 0.3 is 18.0 Å². The van der Waals surface area contributed by atoms with Gasteiger partial charge in [0, 0.05) is 13.0 Å². The number of hydrogen-bond acceptors (Lipinski definition) is 4.